The van der Waals surface area contributed by atoms with Gasteiger partial charge in [0.15, 0.2) is 0 Å². The summed E-state index contributed by atoms with van der Waals surface area (Å²) < 4.78 is 10.5. The molecule has 1 saturated heterocycles. The molecule has 0 spiro atoms. The number of nitrogens with zero attached hydrogens (tertiary/aromatic N) is 1. The number of hydrogen-bond donors (Lipinski definition) is 2. The van der Waals surface area contributed by atoms with Crippen LogP contribution in [0.15, 0.2) is 18.4 Å². The molecule has 1 aliphatic carbocycles. The molecule has 35 heavy (non-hydrogen) atoms. The Bertz CT molecular complexity index is 823. The Balaban J connectivity index is 2.05. The van der Waals surface area contributed by atoms with Crippen molar-refractivity contribution in [3.8, 4) is 0 Å². The molecule has 0 bridgehead atoms. The van der Waals surface area contributed by atoms with Crippen LogP contribution in [0.2, 0.25) is 0 Å². The summed E-state index contributed by atoms with van der Waals surface area (Å²) >= 11 is 0. The van der Waals surface area contributed by atoms with E-state index in [0.29, 0.717) is 38.6 Å². The van der Waals surface area contributed by atoms with Crippen LogP contribution in [-0.2, 0) is 23.9 Å². The van der Waals surface area contributed by atoms with Gasteiger partial charge in [-0.05, 0) is 78.7 Å². The van der Waals surface area contributed by atoms with Gasteiger partial charge in [-0.3, -0.25) is 9.59 Å². The molecule has 2 N–H and O–H groups in total. The minimum Gasteiger partial charge on any atom is -0.464 e. The van der Waals surface area contributed by atoms with Crippen molar-refractivity contribution >= 4 is 23.9 Å². The smallest absolute Gasteiger partial charge is 0.408 e. The van der Waals surface area contributed by atoms with Crippen molar-refractivity contribution in [1.29, 1.82) is 0 Å². The van der Waals surface area contributed by atoms with Crippen LogP contribution in [0.4, 0.5) is 4.79 Å². The first-order valence-corrected chi connectivity index (χ1v) is 12.7. The van der Waals surface area contributed by atoms with Crippen LogP contribution in [0.5, 0.6) is 0 Å². The minimum atomic E-state index is -0.974. The summed E-state index contributed by atoms with van der Waals surface area (Å²) in [5, 5.41) is 5.55. The van der Waals surface area contributed by atoms with Crippen LogP contribution in [0.25, 0.3) is 0 Å². The van der Waals surface area contributed by atoms with Gasteiger partial charge in [0.1, 0.15) is 23.2 Å². The van der Waals surface area contributed by atoms with E-state index in [1.165, 1.54) is 4.90 Å². The van der Waals surface area contributed by atoms with E-state index in [9.17, 15) is 19.2 Å². The Morgan fingerprint density at radius 1 is 1.20 bits per heavy atom. The molecule has 0 aromatic heterocycles. The zero-order chi connectivity index (χ0) is 26.1. The van der Waals surface area contributed by atoms with Gasteiger partial charge < -0.3 is 25.0 Å². The fourth-order valence-electron chi connectivity index (χ4n) is 4.18. The van der Waals surface area contributed by atoms with Crippen LogP contribution in [0, 0.1) is 0 Å². The third-order valence-corrected chi connectivity index (χ3v) is 6.09. The molecule has 2 aliphatic rings. The quantitative estimate of drug-likeness (QED) is 0.246. The van der Waals surface area contributed by atoms with Crippen LogP contribution in [0.1, 0.15) is 85.5 Å². The highest BCUT2D eigenvalue weighted by molar-refractivity contribution is 5.95. The number of alkyl carbamates (subject to hydrolysis) is 1. The molecule has 0 aromatic carbocycles. The number of carbonyl (C=O) groups is 4. The lowest BCUT2D eigenvalue weighted by Gasteiger charge is -2.30. The second-order valence-electron chi connectivity index (χ2n) is 10.2. The van der Waals surface area contributed by atoms with E-state index < -0.39 is 35.3 Å². The third kappa shape index (κ3) is 8.73. The van der Waals surface area contributed by atoms with Gasteiger partial charge in [0.05, 0.1) is 6.61 Å². The standard InChI is InChI=1S/C26H41N3O6/c1-6-8-9-10-11-12-14-19(27-24(33)35-25(3,4)5)22(31)29-18-13-15-20(29)21(30)28-26(16-17-26)23(32)34-7-2/h8,19-20H,1,7,9-18H2,2-5H3,(H,27,33)(H,28,30)/t19-,20-/m0/s1. The Labute approximate surface area is 208 Å². The first-order chi connectivity index (χ1) is 16.5. The molecule has 9 heteroatoms. The van der Waals surface area contributed by atoms with Crippen LogP contribution < -0.4 is 10.6 Å². The maximum absolute atomic E-state index is 13.5. The van der Waals surface area contributed by atoms with Crippen molar-refractivity contribution in [3.05, 3.63) is 18.4 Å². The van der Waals surface area contributed by atoms with Gasteiger partial charge in [-0.1, -0.05) is 19.4 Å². The maximum Gasteiger partial charge on any atom is 0.408 e. The highest BCUT2D eigenvalue weighted by Gasteiger charge is 2.54. The minimum absolute atomic E-state index is 0.242. The maximum atomic E-state index is 13.5. The highest BCUT2D eigenvalue weighted by Crippen LogP contribution is 2.37. The van der Waals surface area contributed by atoms with E-state index in [1.54, 1.807) is 27.7 Å². The van der Waals surface area contributed by atoms with Crippen LogP contribution in [-0.4, -0.2) is 65.2 Å². The molecular weight excluding hydrogens is 450 g/mol. The van der Waals surface area contributed by atoms with Crippen LogP contribution >= 0.6 is 0 Å². The zero-order valence-electron chi connectivity index (χ0n) is 21.6. The summed E-state index contributed by atoms with van der Waals surface area (Å²) in [7, 11) is 0. The fourth-order valence-corrected chi connectivity index (χ4v) is 4.18. The van der Waals surface area contributed by atoms with E-state index in [4.69, 9.17) is 9.47 Å². The molecule has 196 valence electrons. The Morgan fingerprint density at radius 2 is 1.91 bits per heavy atom. The number of esters is 1. The summed E-state index contributed by atoms with van der Waals surface area (Å²) in [4.78, 5) is 52.8. The SMILES string of the molecule is C=C=CCCCCC[C@H](NC(=O)OC(C)(C)C)C(=O)N1CCC[C@H]1C(=O)NC1(C(=O)OCC)CC1. The molecular formula is C26H41N3O6. The Morgan fingerprint density at radius 3 is 2.51 bits per heavy atom. The first kappa shape index (κ1) is 28.4. The largest absolute Gasteiger partial charge is 0.464 e. The van der Waals surface area contributed by atoms with Gasteiger partial charge in [-0.15, -0.1) is 5.73 Å². The fraction of sp³-hybridized carbons (Fsp3) is 0.731. The predicted octanol–water partition coefficient (Wildman–Crippen LogP) is 3.37. The van der Waals surface area contributed by atoms with Crippen molar-refractivity contribution in [2.45, 2.75) is 109 Å². The number of rotatable bonds is 12. The van der Waals surface area contributed by atoms with Gasteiger partial charge >= 0.3 is 12.1 Å². The highest BCUT2D eigenvalue weighted by atomic mass is 16.6. The molecule has 2 rings (SSSR count). The molecule has 1 saturated carbocycles. The number of likely N-dealkylation sites (tertiary alicyclic amines) is 1. The zero-order valence-corrected chi connectivity index (χ0v) is 21.6. The van der Waals surface area contributed by atoms with E-state index in [-0.39, 0.29) is 18.4 Å². The van der Waals surface area contributed by atoms with Crippen molar-refractivity contribution in [1.82, 2.24) is 15.5 Å². The average molecular weight is 492 g/mol. The number of carbonyl (C=O) groups excluding carboxylic acids is 4. The van der Waals surface area contributed by atoms with Gasteiger partial charge in [-0.2, -0.15) is 0 Å². The van der Waals surface area contributed by atoms with Gasteiger partial charge in [-0.25, -0.2) is 9.59 Å². The molecule has 0 radical (unpaired) electrons. The summed E-state index contributed by atoms with van der Waals surface area (Å²) in [6.07, 6.45) is 7.28. The van der Waals surface area contributed by atoms with Crippen molar-refractivity contribution in [2.75, 3.05) is 13.2 Å². The van der Waals surface area contributed by atoms with E-state index >= 15 is 0 Å². The number of ether oxygens (including phenoxy) is 2. The van der Waals surface area contributed by atoms with Crippen molar-refractivity contribution in [2.24, 2.45) is 0 Å². The molecule has 2 atom stereocenters. The third-order valence-electron chi connectivity index (χ3n) is 6.09. The molecule has 1 aliphatic heterocycles. The van der Waals surface area contributed by atoms with Gasteiger partial charge in [0.2, 0.25) is 11.8 Å². The Hall–Kier alpha value is -2.80. The average Bonchev–Trinajstić information content (AvgIpc) is 3.38. The van der Waals surface area contributed by atoms with Gasteiger partial charge in [0, 0.05) is 6.54 Å². The lowest BCUT2D eigenvalue weighted by atomic mass is 10.0. The lowest BCUT2D eigenvalue weighted by molar-refractivity contribution is -0.149. The van der Waals surface area contributed by atoms with Gasteiger partial charge in [0.25, 0.3) is 0 Å². The first-order valence-electron chi connectivity index (χ1n) is 12.7. The number of unbranched alkanes of at least 4 members (excludes halogenated alkanes) is 3. The monoisotopic (exact) mass is 491 g/mol. The number of nitrogens with one attached hydrogen (secondary N) is 2. The summed E-state index contributed by atoms with van der Waals surface area (Å²) in [5.74, 6) is -1.09. The summed E-state index contributed by atoms with van der Waals surface area (Å²) in [6.45, 7) is 11.2. The molecule has 0 unspecified atom stereocenters. The van der Waals surface area contributed by atoms with E-state index in [2.05, 4.69) is 22.9 Å². The normalized spacial score (nSPS) is 19.2. The van der Waals surface area contributed by atoms with Crippen LogP contribution in [0.3, 0.4) is 0 Å². The summed E-state index contributed by atoms with van der Waals surface area (Å²) in [6, 6.07) is -1.48. The second kappa shape index (κ2) is 12.8. The number of hydrogen-bond acceptors (Lipinski definition) is 6. The van der Waals surface area contributed by atoms with E-state index in [0.717, 1.165) is 25.7 Å². The Kier molecular flexibility index (Phi) is 10.4. The van der Waals surface area contributed by atoms with Crippen molar-refractivity contribution < 1.29 is 28.7 Å². The molecule has 2 fully saturated rings. The number of allylic oxidation sites excluding steroid dienone is 1. The molecule has 1 heterocycles. The summed E-state index contributed by atoms with van der Waals surface area (Å²) in [5.41, 5.74) is 1.07. The second-order valence-corrected chi connectivity index (χ2v) is 10.2. The topological polar surface area (TPSA) is 114 Å². The molecule has 0 aromatic rings. The van der Waals surface area contributed by atoms with Crippen molar-refractivity contribution in [3.63, 3.8) is 0 Å². The molecule has 3 amide bonds. The number of amides is 3. The molecule has 9 nitrogen and oxygen atoms in total. The predicted molar refractivity (Wildman–Crippen MR) is 131 cm³/mol. The lowest BCUT2D eigenvalue weighted by Crippen LogP contribution is -2.56. The van der Waals surface area contributed by atoms with E-state index in [1.807, 2.05) is 6.08 Å².